The number of halogens is 2. The largest absolute Gasteiger partial charge is 0.369 e. The summed E-state index contributed by atoms with van der Waals surface area (Å²) in [4.78, 5) is 6.12. The van der Waals surface area contributed by atoms with Gasteiger partial charge in [-0.1, -0.05) is 11.6 Å². The Morgan fingerprint density at radius 2 is 2.33 bits per heavy atom. The van der Waals surface area contributed by atoms with Crippen molar-refractivity contribution in [3.05, 3.63) is 23.2 Å². The Morgan fingerprint density at radius 1 is 1.44 bits per heavy atom. The summed E-state index contributed by atoms with van der Waals surface area (Å²) in [6.45, 7) is 3.02. The third-order valence-corrected chi connectivity index (χ3v) is 4.34. The molecular weight excluding hydrogens is 253 g/mol. The number of pyridine rings is 1. The van der Waals surface area contributed by atoms with E-state index in [4.69, 9.17) is 11.6 Å². The van der Waals surface area contributed by atoms with E-state index in [9.17, 15) is 4.39 Å². The number of nitrogens with one attached hydrogen (secondary N) is 1. The second-order valence-electron chi connectivity index (χ2n) is 5.16. The van der Waals surface area contributed by atoms with E-state index < -0.39 is 5.82 Å². The highest BCUT2D eigenvalue weighted by Crippen LogP contribution is 2.28. The summed E-state index contributed by atoms with van der Waals surface area (Å²) in [7, 11) is 0. The first-order valence-corrected chi connectivity index (χ1v) is 6.91. The van der Waals surface area contributed by atoms with Crippen LogP contribution in [0.5, 0.6) is 0 Å². The fraction of sp³-hybridized carbons (Fsp3) is 0.615. The Kier molecular flexibility index (Phi) is 3.39. The highest BCUT2D eigenvalue weighted by atomic mass is 35.5. The Labute approximate surface area is 111 Å². The second-order valence-corrected chi connectivity index (χ2v) is 5.52. The average Bonchev–Trinajstić information content (AvgIpc) is 2.70. The Hall–Kier alpha value is -0.870. The van der Waals surface area contributed by atoms with E-state index in [0.29, 0.717) is 6.04 Å². The summed E-state index contributed by atoms with van der Waals surface area (Å²) >= 11 is 5.62. The zero-order valence-electron chi connectivity index (χ0n) is 10.2. The van der Waals surface area contributed by atoms with Crippen molar-refractivity contribution in [2.45, 2.75) is 25.3 Å². The van der Waals surface area contributed by atoms with Gasteiger partial charge in [0.1, 0.15) is 0 Å². The molecule has 1 aromatic rings. The topological polar surface area (TPSA) is 28.2 Å². The second kappa shape index (κ2) is 5.02. The standard InChI is InChI=1S/C13H17ClFN3/c14-13-11(15)6-10(7-17-13)18-5-1-2-9-3-4-16-12(9)8-18/h6-7,9,12,16H,1-5,8H2. The first-order valence-electron chi connectivity index (χ1n) is 6.53. The maximum Gasteiger partial charge on any atom is 0.164 e. The van der Waals surface area contributed by atoms with Gasteiger partial charge in [-0.05, 0) is 31.7 Å². The molecule has 18 heavy (non-hydrogen) atoms. The van der Waals surface area contributed by atoms with Crippen LogP contribution in [0.15, 0.2) is 12.3 Å². The van der Waals surface area contributed by atoms with Gasteiger partial charge in [0.2, 0.25) is 0 Å². The molecule has 0 aliphatic carbocycles. The molecule has 0 saturated carbocycles. The Morgan fingerprint density at radius 3 is 3.17 bits per heavy atom. The number of fused-ring (bicyclic) bond motifs is 1. The van der Waals surface area contributed by atoms with Crippen LogP contribution in [0.4, 0.5) is 10.1 Å². The van der Waals surface area contributed by atoms with Crippen molar-refractivity contribution < 1.29 is 4.39 Å². The normalized spacial score (nSPS) is 28.0. The van der Waals surface area contributed by atoms with Crippen LogP contribution < -0.4 is 10.2 Å². The maximum absolute atomic E-state index is 13.5. The van der Waals surface area contributed by atoms with Gasteiger partial charge in [0.15, 0.2) is 11.0 Å². The zero-order valence-corrected chi connectivity index (χ0v) is 11.0. The van der Waals surface area contributed by atoms with Gasteiger partial charge in [-0.25, -0.2) is 9.37 Å². The average molecular weight is 270 g/mol. The molecule has 3 nitrogen and oxygen atoms in total. The van der Waals surface area contributed by atoms with E-state index >= 15 is 0 Å². The van der Waals surface area contributed by atoms with Gasteiger partial charge in [0.05, 0.1) is 11.9 Å². The number of anilines is 1. The molecule has 0 spiro atoms. The van der Waals surface area contributed by atoms with E-state index in [2.05, 4.69) is 15.2 Å². The lowest BCUT2D eigenvalue weighted by atomic mass is 9.97. The van der Waals surface area contributed by atoms with Gasteiger partial charge < -0.3 is 10.2 Å². The van der Waals surface area contributed by atoms with Crippen LogP contribution in [0, 0.1) is 11.7 Å². The fourth-order valence-corrected chi connectivity index (χ4v) is 3.18. The highest BCUT2D eigenvalue weighted by Gasteiger charge is 2.30. The van der Waals surface area contributed by atoms with Crippen LogP contribution in [0.2, 0.25) is 5.15 Å². The lowest BCUT2D eigenvalue weighted by molar-refractivity contribution is 0.445. The van der Waals surface area contributed by atoms with Crippen molar-refractivity contribution in [3.63, 3.8) is 0 Å². The molecular formula is C13H17ClFN3. The summed E-state index contributed by atoms with van der Waals surface area (Å²) < 4.78 is 13.5. The molecule has 3 heterocycles. The van der Waals surface area contributed by atoms with E-state index in [1.807, 2.05) is 0 Å². The summed E-state index contributed by atoms with van der Waals surface area (Å²) in [5, 5.41) is 3.49. The van der Waals surface area contributed by atoms with Crippen molar-refractivity contribution in [2.24, 2.45) is 5.92 Å². The van der Waals surface area contributed by atoms with Crippen LogP contribution in [0.3, 0.4) is 0 Å². The van der Waals surface area contributed by atoms with E-state index in [-0.39, 0.29) is 5.15 Å². The first-order chi connectivity index (χ1) is 8.74. The molecule has 98 valence electrons. The zero-order chi connectivity index (χ0) is 12.5. The van der Waals surface area contributed by atoms with Crippen molar-refractivity contribution in [1.29, 1.82) is 0 Å². The SMILES string of the molecule is Fc1cc(N2CCCC3CCNC3C2)cnc1Cl. The van der Waals surface area contributed by atoms with Gasteiger partial charge in [-0.2, -0.15) is 0 Å². The van der Waals surface area contributed by atoms with Crippen LogP contribution in [0.1, 0.15) is 19.3 Å². The number of rotatable bonds is 1. The molecule has 3 rings (SSSR count). The van der Waals surface area contributed by atoms with Gasteiger partial charge in [0, 0.05) is 25.2 Å². The van der Waals surface area contributed by atoms with Crippen LogP contribution in [-0.4, -0.2) is 30.7 Å². The minimum Gasteiger partial charge on any atom is -0.369 e. The molecule has 0 aromatic carbocycles. The Bertz CT molecular complexity index is 440. The number of hydrogen-bond donors (Lipinski definition) is 1. The molecule has 1 N–H and O–H groups in total. The molecule has 5 heteroatoms. The number of hydrogen-bond acceptors (Lipinski definition) is 3. The monoisotopic (exact) mass is 269 g/mol. The fourth-order valence-electron chi connectivity index (χ4n) is 3.07. The van der Waals surface area contributed by atoms with E-state index in [1.165, 1.54) is 18.9 Å². The van der Waals surface area contributed by atoms with Crippen LogP contribution in [0.25, 0.3) is 0 Å². The predicted molar refractivity (Wildman–Crippen MR) is 70.5 cm³/mol. The van der Waals surface area contributed by atoms with Gasteiger partial charge in [-0.15, -0.1) is 0 Å². The predicted octanol–water partition coefficient (Wildman–Crippen LogP) is 2.45. The summed E-state index contributed by atoms with van der Waals surface area (Å²) in [5.41, 5.74) is 0.839. The van der Waals surface area contributed by atoms with Gasteiger partial charge in [-0.3, -0.25) is 0 Å². The van der Waals surface area contributed by atoms with Crippen molar-refractivity contribution in [3.8, 4) is 0 Å². The molecule has 2 saturated heterocycles. The Balaban J connectivity index is 1.80. The van der Waals surface area contributed by atoms with Crippen molar-refractivity contribution >= 4 is 17.3 Å². The van der Waals surface area contributed by atoms with Crippen LogP contribution in [-0.2, 0) is 0 Å². The van der Waals surface area contributed by atoms with Crippen molar-refractivity contribution in [1.82, 2.24) is 10.3 Å². The summed E-state index contributed by atoms with van der Waals surface area (Å²) in [5.74, 6) is 0.342. The molecule has 2 fully saturated rings. The third-order valence-electron chi connectivity index (χ3n) is 4.06. The molecule has 0 radical (unpaired) electrons. The molecule has 2 atom stereocenters. The molecule has 0 amide bonds. The first kappa shape index (κ1) is 12.2. The van der Waals surface area contributed by atoms with E-state index in [0.717, 1.165) is 37.7 Å². The minimum absolute atomic E-state index is 0.0505. The van der Waals surface area contributed by atoms with Gasteiger partial charge in [0.25, 0.3) is 0 Å². The third kappa shape index (κ3) is 2.31. The van der Waals surface area contributed by atoms with Crippen LogP contribution >= 0.6 is 11.6 Å². The molecule has 2 aliphatic heterocycles. The smallest absolute Gasteiger partial charge is 0.164 e. The quantitative estimate of drug-likeness (QED) is 0.794. The maximum atomic E-state index is 13.5. The number of nitrogens with zero attached hydrogens (tertiary/aromatic N) is 2. The van der Waals surface area contributed by atoms with E-state index in [1.54, 1.807) is 6.20 Å². The lowest BCUT2D eigenvalue weighted by Crippen LogP contribution is -2.38. The summed E-state index contributed by atoms with van der Waals surface area (Å²) in [6.07, 6.45) is 5.36. The summed E-state index contributed by atoms with van der Waals surface area (Å²) in [6, 6.07) is 2.02. The molecule has 0 bridgehead atoms. The minimum atomic E-state index is -0.436. The molecule has 2 aliphatic rings. The molecule has 1 aromatic heterocycles. The lowest BCUT2D eigenvalue weighted by Gasteiger charge is -2.26. The van der Waals surface area contributed by atoms with Crippen molar-refractivity contribution in [2.75, 3.05) is 24.5 Å². The van der Waals surface area contributed by atoms with Gasteiger partial charge >= 0.3 is 0 Å². The number of aromatic nitrogens is 1. The highest BCUT2D eigenvalue weighted by molar-refractivity contribution is 6.29. The molecule has 2 unspecified atom stereocenters.